The van der Waals surface area contributed by atoms with Crippen LogP contribution in [0.15, 0.2) is 12.7 Å². The van der Waals surface area contributed by atoms with E-state index in [4.69, 9.17) is 9.16 Å². The largest absolute Gasteiger partial charge is 0.444 e. The number of hydrogen-bond acceptors (Lipinski definition) is 5. The van der Waals surface area contributed by atoms with Gasteiger partial charge in [0.05, 0.1) is 18.8 Å². The monoisotopic (exact) mass is 361 g/mol. The molecule has 0 aliphatic heterocycles. The number of aliphatic hydroxyl groups excluding tert-OH is 2. The fourth-order valence-electron chi connectivity index (χ4n) is 1.74. The lowest BCUT2D eigenvalue weighted by Gasteiger charge is -2.41. The Bertz CT molecular complexity index is 426. The van der Waals surface area contributed by atoms with E-state index in [1.807, 2.05) is 0 Å². The normalized spacial score (nSPS) is 16.9. The second-order valence-electron chi connectivity index (χ2n) is 8.50. The fourth-order valence-corrected chi connectivity index (χ4v) is 3.02. The summed E-state index contributed by atoms with van der Waals surface area (Å²) in [6.45, 7) is 18.9. The van der Waals surface area contributed by atoms with E-state index >= 15 is 0 Å². The van der Waals surface area contributed by atoms with Gasteiger partial charge in [-0.15, -0.1) is 6.58 Å². The van der Waals surface area contributed by atoms with E-state index in [9.17, 15) is 15.0 Å². The summed E-state index contributed by atoms with van der Waals surface area (Å²) in [5.74, 6) is 0. The van der Waals surface area contributed by atoms with Crippen LogP contribution in [0.3, 0.4) is 0 Å². The van der Waals surface area contributed by atoms with Crippen LogP contribution in [0, 0.1) is 0 Å². The number of nitrogens with one attached hydrogen (secondary N) is 1. The molecule has 0 aromatic heterocycles. The quantitative estimate of drug-likeness (QED) is 0.479. The predicted octanol–water partition coefficient (Wildman–Crippen LogP) is 2.81. The second-order valence-corrected chi connectivity index (χ2v) is 13.3. The topological polar surface area (TPSA) is 88.0 Å². The van der Waals surface area contributed by atoms with Crippen molar-refractivity contribution in [2.45, 2.75) is 83.5 Å². The first kappa shape index (κ1) is 23.1. The third-order valence-electron chi connectivity index (χ3n) is 4.11. The SMILES string of the molecule is C=C[C@H](O[Si](C)(C)C(C)(C)C)[C@@H](NC(=O)OC(C)(C)C)[C@H](O)CO. The van der Waals surface area contributed by atoms with Gasteiger partial charge in [-0.2, -0.15) is 0 Å². The Balaban J connectivity index is 5.33. The van der Waals surface area contributed by atoms with Crippen LogP contribution in [-0.2, 0) is 9.16 Å². The Morgan fingerprint density at radius 1 is 1.25 bits per heavy atom. The summed E-state index contributed by atoms with van der Waals surface area (Å²) in [7, 11) is -2.16. The molecule has 0 saturated heterocycles. The lowest BCUT2D eigenvalue weighted by molar-refractivity contribution is 0.00980. The second kappa shape index (κ2) is 8.47. The van der Waals surface area contributed by atoms with Gasteiger partial charge in [-0.25, -0.2) is 4.79 Å². The third-order valence-corrected chi connectivity index (χ3v) is 8.58. The summed E-state index contributed by atoms with van der Waals surface area (Å²) >= 11 is 0. The molecule has 0 aliphatic carbocycles. The van der Waals surface area contributed by atoms with E-state index in [2.05, 4.69) is 45.8 Å². The van der Waals surface area contributed by atoms with E-state index < -0.39 is 44.9 Å². The van der Waals surface area contributed by atoms with E-state index in [1.165, 1.54) is 0 Å². The molecule has 0 rings (SSSR count). The van der Waals surface area contributed by atoms with Gasteiger partial charge in [0.2, 0.25) is 0 Å². The van der Waals surface area contributed by atoms with Crippen LogP contribution in [0.1, 0.15) is 41.5 Å². The number of rotatable bonds is 7. The zero-order chi connectivity index (χ0) is 19.3. The number of amides is 1. The maximum absolute atomic E-state index is 12.1. The van der Waals surface area contributed by atoms with Gasteiger partial charge in [0, 0.05) is 0 Å². The average Bonchev–Trinajstić information content (AvgIpc) is 2.38. The molecule has 0 radical (unpaired) electrons. The molecule has 0 saturated carbocycles. The number of aliphatic hydroxyl groups is 2. The Hall–Kier alpha value is -0.893. The van der Waals surface area contributed by atoms with E-state index in [1.54, 1.807) is 26.8 Å². The maximum atomic E-state index is 12.1. The first-order valence-corrected chi connectivity index (χ1v) is 11.1. The highest BCUT2D eigenvalue weighted by Crippen LogP contribution is 2.37. The lowest BCUT2D eigenvalue weighted by Crippen LogP contribution is -2.56. The van der Waals surface area contributed by atoms with Gasteiger partial charge in [-0.1, -0.05) is 26.8 Å². The van der Waals surface area contributed by atoms with Crippen LogP contribution >= 0.6 is 0 Å². The van der Waals surface area contributed by atoms with Gasteiger partial charge in [-0.3, -0.25) is 0 Å². The zero-order valence-electron chi connectivity index (χ0n) is 16.3. The molecule has 142 valence electrons. The van der Waals surface area contributed by atoms with Crippen molar-refractivity contribution in [1.29, 1.82) is 0 Å². The molecular formula is C17H35NO5Si. The van der Waals surface area contributed by atoms with Crippen LogP contribution in [0.25, 0.3) is 0 Å². The minimum atomic E-state index is -2.16. The number of alkyl carbamates (subject to hydrolysis) is 1. The Labute approximate surface area is 147 Å². The molecule has 0 aliphatic rings. The Morgan fingerprint density at radius 2 is 1.75 bits per heavy atom. The Kier molecular flexibility index (Phi) is 8.15. The molecule has 3 N–H and O–H groups in total. The first-order valence-electron chi connectivity index (χ1n) is 8.23. The molecule has 0 aromatic carbocycles. The predicted molar refractivity (Wildman–Crippen MR) is 98.5 cm³/mol. The summed E-state index contributed by atoms with van der Waals surface area (Å²) in [5.41, 5.74) is -0.664. The number of carbonyl (C=O) groups excluding carboxylic acids is 1. The molecule has 3 atom stereocenters. The molecule has 0 unspecified atom stereocenters. The van der Waals surface area contributed by atoms with Gasteiger partial charge in [0.15, 0.2) is 8.32 Å². The fraction of sp³-hybridized carbons (Fsp3) is 0.824. The highest BCUT2D eigenvalue weighted by atomic mass is 28.4. The van der Waals surface area contributed by atoms with Gasteiger partial charge in [-0.05, 0) is 38.9 Å². The highest BCUT2D eigenvalue weighted by Gasteiger charge is 2.41. The molecule has 7 heteroatoms. The van der Waals surface area contributed by atoms with E-state index in [0.717, 1.165) is 0 Å². The summed E-state index contributed by atoms with van der Waals surface area (Å²) < 4.78 is 11.5. The van der Waals surface area contributed by atoms with Crippen LogP contribution in [0.2, 0.25) is 18.1 Å². The highest BCUT2D eigenvalue weighted by molar-refractivity contribution is 6.74. The van der Waals surface area contributed by atoms with E-state index in [0.29, 0.717) is 0 Å². The number of carbonyl (C=O) groups is 1. The third kappa shape index (κ3) is 7.34. The van der Waals surface area contributed by atoms with Crippen LogP contribution in [-0.4, -0.2) is 55.1 Å². The molecule has 0 spiro atoms. The molecule has 1 amide bonds. The summed E-state index contributed by atoms with van der Waals surface area (Å²) in [6.07, 6.45) is -0.960. The average molecular weight is 362 g/mol. The standard InChI is InChI=1S/C17H35NO5Si/c1-10-13(23-24(8,9)17(5,6)7)14(12(20)11-19)18-15(21)22-16(2,3)4/h10,12-14,19-20H,1,11H2,2-9H3,(H,18,21)/t12-,13+,14+/m1/s1. The Morgan fingerprint density at radius 3 is 2.08 bits per heavy atom. The molecule has 24 heavy (non-hydrogen) atoms. The first-order chi connectivity index (χ1) is 10.6. The summed E-state index contributed by atoms with van der Waals surface area (Å²) in [4.78, 5) is 12.1. The molecule has 6 nitrogen and oxygen atoms in total. The maximum Gasteiger partial charge on any atom is 0.408 e. The van der Waals surface area contributed by atoms with Crippen molar-refractivity contribution >= 4 is 14.4 Å². The van der Waals surface area contributed by atoms with Crippen molar-refractivity contribution in [3.05, 3.63) is 12.7 Å². The van der Waals surface area contributed by atoms with E-state index in [-0.39, 0.29) is 5.04 Å². The zero-order valence-corrected chi connectivity index (χ0v) is 17.3. The molecular weight excluding hydrogens is 326 g/mol. The van der Waals surface area contributed by atoms with Crippen LogP contribution in [0.5, 0.6) is 0 Å². The van der Waals surface area contributed by atoms with Gasteiger partial charge >= 0.3 is 6.09 Å². The van der Waals surface area contributed by atoms with Gasteiger partial charge in [0.25, 0.3) is 0 Å². The van der Waals surface area contributed by atoms with Crippen molar-refractivity contribution in [2.24, 2.45) is 0 Å². The van der Waals surface area contributed by atoms with Crippen molar-refractivity contribution in [3.63, 3.8) is 0 Å². The van der Waals surface area contributed by atoms with Gasteiger partial charge in [0.1, 0.15) is 11.7 Å². The lowest BCUT2D eigenvalue weighted by atomic mass is 10.1. The minimum Gasteiger partial charge on any atom is -0.444 e. The van der Waals surface area contributed by atoms with Crippen LogP contribution < -0.4 is 5.32 Å². The molecule has 0 bridgehead atoms. The van der Waals surface area contributed by atoms with Crippen molar-refractivity contribution in [1.82, 2.24) is 5.32 Å². The number of hydrogen-bond donors (Lipinski definition) is 3. The molecule has 0 aromatic rings. The number of ether oxygens (including phenoxy) is 1. The smallest absolute Gasteiger partial charge is 0.408 e. The summed E-state index contributed by atoms with van der Waals surface area (Å²) in [5, 5.41) is 22.0. The van der Waals surface area contributed by atoms with Gasteiger partial charge < -0.3 is 24.7 Å². The summed E-state index contributed by atoms with van der Waals surface area (Å²) in [6, 6.07) is -0.850. The van der Waals surface area contributed by atoms with Crippen molar-refractivity contribution < 1.29 is 24.2 Å². The van der Waals surface area contributed by atoms with Crippen molar-refractivity contribution in [2.75, 3.05) is 6.61 Å². The van der Waals surface area contributed by atoms with Crippen molar-refractivity contribution in [3.8, 4) is 0 Å². The minimum absolute atomic E-state index is 0.0467. The molecule has 0 fully saturated rings. The molecule has 0 heterocycles. The van der Waals surface area contributed by atoms with Crippen LogP contribution in [0.4, 0.5) is 4.79 Å².